The molecule has 5 heteroatoms. The van der Waals surface area contributed by atoms with Gasteiger partial charge in [0.1, 0.15) is 0 Å². The fourth-order valence-corrected chi connectivity index (χ4v) is 4.21. The molecule has 0 bridgehead atoms. The van der Waals surface area contributed by atoms with Crippen LogP contribution in [0.5, 0.6) is 0 Å². The van der Waals surface area contributed by atoms with E-state index in [1.54, 1.807) is 11.3 Å². The molecular weight excluding hydrogens is 368 g/mol. The first-order chi connectivity index (χ1) is 13.3. The Morgan fingerprint density at radius 3 is 2.46 bits per heavy atom. The largest absolute Gasteiger partial charge is 0.395 e. The monoisotopic (exact) mass is 400 g/mol. The van der Waals surface area contributed by atoms with E-state index in [4.69, 9.17) is 0 Å². The molecule has 0 radical (unpaired) electrons. The molecule has 0 saturated carbocycles. The van der Waals surface area contributed by atoms with Gasteiger partial charge < -0.3 is 15.1 Å². The van der Waals surface area contributed by atoms with Gasteiger partial charge in [-0.15, -0.1) is 11.3 Å². The fourth-order valence-electron chi connectivity index (χ4n) is 3.16. The van der Waals surface area contributed by atoms with E-state index in [0.717, 1.165) is 39.1 Å². The molecule has 1 atom stereocenters. The van der Waals surface area contributed by atoms with Crippen LogP contribution in [0.4, 0.5) is 5.69 Å². The fraction of sp³-hybridized carbons (Fsp3) is 0.522. The van der Waals surface area contributed by atoms with Gasteiger partial charge in [0.25, 0.3) is 0 Å². The number of nitriles is 1. The van der Waals surface area contributed by atoms with Crippen molar-refractivity contribution in [1.29, 1.82) is 5.26 Å². The third-order valence-corrected chi connectivity index (χ3v) is 5.96. The van der Waals surface area contributed by atoms with E-state index in [1.807, 2.05) is 17.0 Å². The number of thiophene rings is 1. The first-order valence-corrected chi connectivity index (χ1v) is 10.7. The summed E-state index contributed by atoms with van der Waals surface area (Å²) in [6.45, 7) is 9.92. The van der Waals surface area contributed by atoms with E-state index >= 15 is 0 Å². The van der Waals surface area contributed by atoms with E-state index in [1.165, 1.54) is 0 Å². The standard InChI is InChI=1S/C23H32N2O2S/c1-17(7-8-23(2,3)4)19(16-24)14-21-13-18-5-6-20(15-22(18)28-21)25(9-11-26)10-12-27/h5-6,13-15,17,26-27H,7-12H2,1-4H3/b19-14+. The average Bonchev–Trinajstić information content (AvgIpc) is 3.05. The minimum atomic E-state index is 0.0500. The lowest BCUT2D eigenvalue weighted by Crippen LogP contribution is -2.29. The SMILES string of the molecule is CC(CCC(C)(C)C)/C(C#N)=C/c1cc2ccc(N(CCO)CCO)cc2s1. The molecule has 0 aliphatic carbocycles. The summed E-state index contributed by atoms with van der Waals surface area (Å²) in [6, 6.07) is 10.7. The maximum atomic E-state index is 9.63. The second kappa shape index (κ2) is 10.1. The zero-order valence-corrected chi connectivity index (χ0v) is 18.2. The average molecular weight is 401 g/mol. The number of anilines is 1. The summed E-state index contributed by atoms with van der Waals surface area (Å²) < 4.78 is 1.14. The van der Waals surface area contributed by atoms with Crippen molar-refractivity contribution < 1.29 is 10.2 Å². The van der Waals surface area contributed by atoms with Gasteiger partial charge in [-0.2, -0.15) is 5.26 Å². The number of allylic oxidation sites excluding steroid dienone is 1. The molecule has 0 amide bonds. The van der Waals surface area contributed by atoms with Crippen LogP contribution in [0.15, 0.2) is 29.8 Å². The number of benzene rings is 1. The third-order valence-electron chi connectivity index (χ3n) is 4.91. The van der Waals surface area contributed by atoms with Crippen LogP contribution < -0.4 is 4.90 Å². The van der Waals surface area contributed by atoms with Gasteiger partial charge in [-0.3, -0.25) is 0 Å². The van der Waals surface area contributed by atoms with Crippen molar-refractivity contribution in [2.24, 2.45) is 11.3 Å². The minimum absolute atomic E-state index is 0.0500. The van der Waals surface area contributed by atoms with E-state index in [-0.39, 0.29) is 24.5 Å². The van der Waals surface area contributed by atoms with Crippen LogP contribution in [0.3, 0.4) is 0 Å². The molecule has 0 spiro atoms. The van der Waals surface area contributed by atoms with Gasteiger partial charge in [-0.05, 0) is 53.8 Å². The molecule has 2 N–H and O–H groups in total. The van der Waals surface area contributed by atoms with E-state index < -0.39 is 0 Å². The maximum Gasteiger partial charge on any atom is 0.0950 e. The normalized spacial score (nSPS) is 13.5. The Balaban J connectivity index is 2.24. The van der Waals surface area contributed by atoms with E-state index in [2.05, 4.69) is 52.0 Å². The zero-order valence-electron chi connectivity index (χ0n) is 17.4. The van der Waals surface area contributed by atoms with Crippen LogP contribution in [-0.2, 0) is 0 Å². The van der Waals surface area contributed by atoms with Gasteiger partial charge in [-0.1, -0.05) is 33.8 Å². The van der Waals surface area contributed by atoms with Crippen molar-refractivity contribution in [1.82, 2.24) is 0 Å². The number of aliphatic hydroxyl groups is 2. The van der Waals surface area contributed by atoms with Crippen molar-refractivity contribution in [3.05, 3.63) is 34.7 Å². The topological polar surface area (TPSA) is 67.5 Å². The molecule has 2 aromatic rings. The van der Waals surface area contributed by atoms with Crippen molar-refractivity contribution in [3.63, 3.8) is 0 Å². The molecule has 28 heavy (non-hydrogen) atoms. The second-order valence-electron chi connectivity index (χ2n) is 8.52. The maximum absolute atomic E-state index is 9.63. The van der Waals surface area contributed by atoms with Crippen molar-refractivity contribution in [3.8, 4) is 6.07 Å². The molecule has 1 aromatic heterocycles. The quantitative estimate of drug-likeness (QED) is 0.577. The Morgan fingerprint density at radius 1 is 1.21 bits per heavy atom. The summed E-state index contributed by atoms with van der Waals surface area (Å²) in [5, 5.41) is 29.3. The molecule has 1 aromatic carbocycles. The molecule has 1 unspecified atom stereocenters. The Hall–Kier alpha value is -1.87. The summed E-state index contributed by atoms with van der Waals surface area (Å²) in [6.07, 6.45) is 4.13. The smallest absolute Gasteiger partial charge is 0.0950 e. The molecule has 0 aliphatic heterocycles. The van der Waals surface area contributed by atoms with Crippen molar-refractivity contribution >= 4 is 33.2 Å². The summed E-state index contributed by atoms with van der Waals surface area (Å²) in [5.41, 5.74) is 2.10. The lowest BCUT2D eigenvalue weighted by atomic mass is 9.85. The molecular formula is C23H32N2O2S. The number of aliphatic hydroxyl groups excluding tert-OH is 2. The second-order valence-corrected chi connectivity index (χ2v) is 9.63. The summed E-state index contributed by atoms with van der Waals surface area (Å²) in [5.74, 6) is 0.245. The first-order valence-electron chi connectivity index (χ1n) is 9.89. The third kappa shape index (κ3) is 6.34. The molecule has 1 heterocycles. The highest BCUT2D eigenvalue weighted by molar-refractivity contribution is 7.19. The minimum Gasteiger partial charge on any atom is -0.395 e. The summed E-state index contributed by atoms with van der Waals surface area (Å²) in [4.78, 5) is 3.06. The molecule has 0 saturated heterocycles. The van der Waals surface area contributed by atoms with Crippen LogP contribution in [-0.4, -0.2) is 36.5 Å². The summed E-state index contributed by atoms with van der Waals surface area (Å²) in [7, 11) is 0. The number of fused-ring (bicyclic) bond motifs is 1. The van der Waals surface area contributed by atoms with Crippen LogP contribution in [0.1, 0.15) is 45.4 Å². The van der Waals surface area contributed by atoms with Crippen LogP contribution in [0.25, 0.3) is 16.2 Å². The molecule has 4 nitrogen and oxygen atoms in total. The summed E-state index contributed by atoms with van der Waals surface area (Å²) >= 11 is 1.67. The number of hydrogen-bond acceptors (Lipinski definition) is 5. The van der Waals surface area contributed by atoms with Crippen molar-refractivity contribution in [2.45, 2.75) is 40.5 Å². The van der Waals surface area contributed by atoms with Gasteiger partial charge in [0.15, 0.2) is 0 Å². The molecule has 0 fully saturated rings. The van der Waals surface area contributed by atoms with Gasteiger partial charge in [0, 0.05) is 33.9 Å². The highest BCUT2D eigenvalue weighted by Crippen LogP contribution is 2.33. The van der Waals surface area contributed by atoms with Crippen molar-refractivity contribution in [2.75, 3.05) is 31.2 Å². The Morgan fingerprint density at radius 2 is 1.89 bits per heavy atom. The number of hydrogen-bond donors (Lipinski definition) is 2. The van der Waals surface area contributed by atoms with E-state index in [0.29, 0.717) is 13.1 Å². The zero-order chi connectivity index (χ0) is 20.7. The van der Waals surface area contributed by atoms with Gasteiger partial charge in [-0.25, -0.2) is 0 Å². The van der Waals surface area contributed by atoms with Gasteiger partial charge in [0.05, 0.1) is 19.3 Å². The lowest BCUT2D eigenvalue weighted by Gasteiger charge is -2.22. The van der Waals surface area contributed by atoms with Crippen LogP contribution in [0, 0.1) is 22.7 Å². The predicted molar refractivity (Wildman–Crippen MR) is 120 cm³/mol. The van der Waals surface area contributed by atoms with Crippen LogP contribution >= 0.6 is 11.3 Å². The Kier molecular flexibility index (Phi) is 8.06. The van der Waals surface area contributed by atoms with Gasteiger partial charge in [0.2, 0.25) is 0 Å². The van der Waals surface area contributed by atoms with Gasteiger partial charge >= 0.3 is 0 Å². The highest BCUT2D eigenvalue weighted by Gasteiger charge is 2.16. The van der Waals surface area contributed by atoms with Crippen LogP contribution in [0.2, 0.25) is 0 Å². The Bertz CT molecular complexity index is 836. The Labute approximate surface area is 172 Å². The lowest BCUT2D eigenvalue weighted by molar-refractivity contribution is 0.281. The van der Waals surface area contributed by atoms with E-state index in [9.17, 15) is 15.5 Å². The molecule has 2 rings (SSSR count). The number of nitrogens with zero attached hydrogens (tertiary/aromatic N) is 2. The molecule has 152 valence electrons. The number of rotatable bonds is 9. The first kappa shape index (κ1) is 22.4. The molecule has 0 aliphatic rings. The highest BCUT2D eigenvalue weighted by atomic mass is 32.1. The predicted octanol–water partition coefficient (Wildman–Crippen LogP) is 5.06.